The average molecular weight is 300 g/mol. The van der Waals surface area contributed by atoms with Crippen LogP contribution in [-0.4, -0.2) is 15.2 Å². The van der Waals surface area contributed by atoms with Crippen LogP contribution in [0.4, 0.5) is 0 Å². The zero-order valence-corrected chi connectivity index (χ0v) is 13.1. The second kappa shape index (κ2) is 5.06. The van der Waals surface area contributed by atoms with Crippen LogP contribution in [0.3, 0.4) is 0 Å². The van der Waals surface area contributed by atoms with E-state index in [4.69, 9.17) is 0 Å². The molecule has 0 aliphatic heterocycles. The molecule has 2 aromatic carbocycles. The number of carbonyl (C=O) groups excluding carboxylic acids is 1. The van der Waals surface area contributed by atoms with E-state index in [0.29, 0.717) is 11.3 Å². The van der Waals surface area contributed by atoms with Crippen LogP contribution in [0.15, 0.2) is 60.8 Å². The second-order valence-electron chi connectivity index (χ2n) is 5.92. The van der Waals surface area contributed by atoms with E-state index in [9.17, 15) is 4.79 Å². The third kappa shape index (κ3) is 2.21. The maximum atomic E-state index is 13.0. The van der Waals surface area contributed by atoms with Gasteiger partial charge >= 0.3 is 0 Å². The first kappa shape index (κ1) is 13.7. The summed E-state index contributed by atoms with van der Waals surface area (Å²) >= 11 is 0. The fourth-order valence-electron chi connectivity index (χ4n) is 3.13. The van der Waals surface area contributed by atoms with Crippen LogP contribution in [-0.2, 0) is 0 Å². The molecule has 0 saturated carbocycles. The summed E-state index contributed by atoms with van der Waals surface area (Å²) in [6, 6.07) is 17.7. The molecule has 0 radical (unpaired) electrons. The fraction of sp³-hybridized carbons (Fsp3) is 0.100. The standard InChI is InChI=1S/C20H16N2O/c1-13-10-14(2)12-15(11-13)20(23)19-18-8-5-9-22(18)17-7-4-3-6-16(17)21-19/h3-12H,1-2H3. The van der Waals surface area contributed by atoms with E-state index in [1.54, 1.807) is 0 Å². The summed E-state index contributed by atoms with van der Waals surface area (Å²) in [6.45, 7) is 4.01. The minimum atomic E-state index is -0.0359. The zero-order valence-electron chi connectivity index (χ0n) is 13.1. The molecule has 0 aliphatic rings. The smallest absolute Gasteiger partial charge is 0.213 e. The Hall–Kier alpha value is -2.94. The molecule has 0 N–H and O–H groups in total. The van der Waals surface area contributed by atoms with Gasteiger partial charge in [-0.15, -0.1) is 0 Å². The van der Waals surface area contributed by atoms with Crippen LogP contribution < -0.4 is 0 Å². The maximum absolute atomic E-state index is 13.0. The highest BCUT2D eigenvalue weighted by Crippen LogP contribution is 2.22. The first-order valence-electron chi connectivity index (χ1n) is 7.62. The topological polar surface area (TPSA) is 34.4 Å². The molecular weight excluding hydrogens is 284 g/mol. The van der Waals surface area contributed by atoms with E-state index >= 15 is 0 Å². The lowest BCUT2D eigenvalue weighted by Crippen LogP contribution is -2.08. The van der Waals surface area contributed by atoms with Gasteiger partial charge in [0.1, 0.15) is 5.69 Å². The van der Waals surface area contributed by atoms with Crippen LogP contribution in [0.25, 0.3) is 16.6 Å². The van der Waals surface area contributed by atoms with Crippen molar-refractivity contribution >= 4 is 22.3 Å². The Morgan fingerprint density at radius 1 is 0.913 bits per heavy atom. The van der Waals surface area contributed by atoms with Gasteiger partial charge in [-0.25, -0.2) is 4.98 Å². The predicted molar refractivity (Wildman–Crippen MR) is 92.0 cm³/mol. The summed E-state index contributed by atoms with van der Waals surface area (Å²) in [4.78, 5) is 17.7. The van der Waals surface area contributed by atoms with Crippen molar-refractivity contribution in [3.8, 4) is 0 Å². The lowest BCUT2D eigenvalue weighted by atomic mass is 10.0. The van der Waals surface area contributed by atoms with Crippen molar-refractivity contribution < 1.29 is 4.79 Å². The van der Waals surface area contributed by atoms with Crippen molar-refractivity contribution in [3.63, 3.8) is 0 Å². The molecule has 112 valence electrons. The number of rotatable bonds is 2. The van der Waals surface area contributed by atoms with Crippen molar-refractivity contribution in [2.45, 2.75) is 13.8 Å². The van der Waals surface area contributed by atoms with Crippen molar-refractivity contribution in [1.82, 2.24) is 9.38 Å². The number of aryl methyl sites for hydroxylation is 2. The van der Waals surface area contributed by atoms with Crippen molar-refractivity contribution in [1.29, 1.82) is 0 Å². The van der Waals surface area contributed by atoms with Gasteiger partial charge in [0, 0.05) is 11.8 Å². The van der Waals surface area contributed by atoms with Crippen molar-refractivity contribution in [3.05, 3.63) is 83.2 Å². The number of carbonyl (C=O) groups is 1. The molecule has 0 saturated heterocycles. The molecule has 4 rings (SSSR count). The van der Waals surface area contributed by atoms with Crippen molar-refractivity contribution in [2.75, 3.05) is 0 Å². The van der Waals surface area contributed by atoms with Gasteiger partial charge in [0.2, 0.25) is 5.78 Å². The number of aromatic nitrogens is 2. The Morgan fingerprint density at radius 2 is 1.61 bits per heavy atom. The number of nitrogens with zero attached hydrogens (tertiary/aromatic N) is 2. The number of hydrogen-bond donors (Lipinski definition) is 0. The molecular formula is C20H16N2O. The highest BCUT2D eigenvalue weighted by molar-refractivity contribution is 6.13. The molecule has 2 heterocycles. The fourth-order valence-corrected chi connectivity index (χ4v) is 3.13. The minimum absolute atomic E-state index is 0.0359. The monoisotopic (exact) mass is 300 g/mol. The average Bonchev–Trinajstić information content (AvgIpc) is 3.02. The van der Waals surface area contributed by atoms with E-state index in [0.717, 1.165) is 27.7 Å². The number of benzene rings is 2. The molecule has 0 unspecified atom stereocenters. The summed E-state index contributed by atoms with van der Waals surface area (Å²) in [6.07, 6.45) is 1.97. The molecule has 3 nitrogen and oxygen atoms in total. The van der Waals surface area contributed by atoms with Gasteiger partial charge in [-0.2, -0.15) is 0 Å². The van der Waals surface area contributed by atoms with Gasteiger partial charge in [-0.05, 0) is 50.2 Å². The first-order valence-corrected chi connectivity index (χ1v) is 7.62. The third-order valence-electron chi connectivity index (χ3n) is 4.06. The molecule has 0 spiro atoms. The summed E-state index contributed by atoms with van der Waals surface area (Å²) in [5.74, 6) is -0.0359. The molecule has 2 aromatic heterocycles. The Morgan fingerprint density at radius 3 is 2.39 bits per heavy atom. The Kier molecular flexibility index (Phi) is 3.01. The van der Waals surface area contributed by atoms with Crippen LogP contribution in [0, 0.1) is 13.8 Å². The van der Waals surface area contributed by atoms with Gasteiger partial charge in [0.05, 0.1) is 16.6 Å². The minimum Gasteiger partial charge on any atom is -0.313 e. The summed E-state index contributed by atoms with van der Waals surface area (Å²) < 4.78 is 2.03. The highest BCUT2D eigenvalue weighted by Gasteiger charge is 2.17. The molecule has 0 atom stereocenters. The Bertz CT molecular complexity index is 1040. The van der Waals surface area contributed by atoms with E-state index in [1.165, 1.54) is 0 Å². The van der Waals surface area contributed by atoms with Gasteiger partial charge < -0.3 is 4.40 Å². The van der Waals surface area contributed by atoms with Crippen LogP contribution in [0.2, 0.25) is 0 Å². The molecule has 3 heteroatoms. The largest absolute Gasteiger partial charge is 0.313 e. The number of fused-ring (bicyclic) bond motifs is 3. The molecule has 0 fully saturated rings. The Labute approximate surface area is 134 Å². The lowest BCUT2D eigenvalue weighted by Gasteiger charge is -2.09. The Balaban J connectivity index is 2.00. The van der Waals surface area contributed by atoms with Crippen molar-refractivity contribution in [2.24, 2.45) is 0 Å². The molecule has 0 bridgehead atoms. The number of para-hydroxylation sites is 2. The number of hydrogen-bond acceptors (Lipinski definition) is 2. The van der Waals surface area contributed by atoms with Gasteiger partial charge in [0.25, 0.3) is 0 Å². The van der Waals surface area contributed by atoms with Gasteiger partial charge in [0.15, 0.2) is 0 Å². The first-order chi connectivity index (χ1) is 11.1. The molecule has 0 aliphatic carbocycles. The second-order valence-corrected chi connectivity index (χ2v) is 5.92. The molecule has 23 heavy (non-hydrogen) atoms. The summed E-state index contributed by atoms with van der Waals surface area (Å²) in [5, 5.41) is 0. The predicted octanol–water partition coefficient (Wildman–Crippen LogP) is 4.34. The summed E-state index contributed by atoms with van der Waals surface area (Å²) in [7, 11) is 0. The van der Waals surface area contributed by atoms with E-state index in [2.05, 4.69) is 11.1 Å². The third-order valence-corrected chi connectivity index (χ3v) is 4.06. The van der Waals surface area contributed by atoms with E-state index < -0.39 is 0 Å². The van der Waals surface area contributed by atoms with Gasteiger partial charge in [-0.3, -0.25) is 4.79 Å². The van der Waals surface area contributed by atoms with Crippen LogP contribution >= 0.6 is 0 Å². The molecule has 0 amide bonds. The quantitative estimate of drug-likeness (QED) is 0.516. The zero-order chi connectivity index (χ0) is 16.0. The highest BCUT2D eigenvalue weighted by atomic mass is 16.1. The van der Waals surface area contributed by atoms with E-state index in [-0.39, 0.29) is 5.78 Å². The lowest BCUT2D eigenvalue weighted by molar-refractivity contribution is 0.103. The normalized spacial score (nSPS) is 11.2. The van der Waals surface area contributed by atoms with Crippen LogP contribution in [0.5, 0.6) is 0 Å². The van der Waals surface area contributed by atoms with Crippen LogP contribution in [0.1, 0.15) is 27.2 Å². The number of ketones is 1. The summed E-state index contributed by atoms with van der Waals surface area (Å²) in [5.41, 5.74) is 6.02. The maximum Gasteiger partial charge on any atom is 0.213 e. The van der Waals surface area contributed by atoms with Gasteiger partial charge in [-0.1, -0.05) is 29.3 Å². The molecule has 4 aromatic rings. The van der Waals surface area contributed by atoms with E-state index in [1.807, 2.05) is 73.0 Å². The SMILES string of the molecule is Cc1cc(C)cc(C(=O)c2nc3ccccc3n3cccc23)c1.